The van der Waals surface area contributed by atoms with Gasteiger partial charge in [0.2, 0.25) is 0 Å². The van der Waals surface area contributed by atoms with Gasteiger partial charge in [0, 0.05) is 25.7 Å². The van der Waals surface area contributed by atoms with E-state index in [0.29, 0.717) is 12.1 Å². The SMILES string of the molecule is Cl.Cl.NC1CCN(Cc2cccc(OC3CCCC3)c2)C1. The van der Waals surface area contributed by atoms with Gasteiger partial charge in [0.15, 0.2) is 0 Å². The van der Waals surface area contributed by atoms with E-state index in [1.54, 1.807) is 0 Å². The highest BCUT2D eigenvalue weighted by Crippen LogP contribution is 2.25. The Labute approximate surface area is 140 Å². The van der Waals surface area contributed by atoms with Gasteiger partial charge in [-0.25, -0.2) is 0 Å². The van der Waals surface area contributed by atoms with E-state index < -0.39 is 0 Å². The molecule has 0 aromatic heterocycles. The van der Waals surface area contributed by atoms with Crippen molar-refractivity contribution < 1.29 is 4.74 Å². The van der Waals surface area contributed by atoms with Crippen molar-refractivity contribution in [2.45, 2.75) is 50.8 Å². The molecular formula is C16H26Cl2N2O. The lowest BCUT2D eigenvalue weighted by molar-refractivity contribution is 0.209. The molecule has 1 aromatic rings. The van der Waals surface area contributed by atoms with Crippen LogP contribution >= 0.6 is 24.8 Å². The molecule has 2 aliphatic rings. The highest BCUT2D eigenvalue weighted by atomic mass is 35.5. The van der Waals surface area contributed by atoms with Crippen molar-refractivity contribution in [2.75, 3.05) is 13.1 Å². The zero-order valence-electron chi connectivity index (χ0n) is 12.4. The summed E-state index contributed by atoms with van der Waals surface area (Å²) in [7, 11) is 0. The average molecular weight is 333 g/mol. The van der Waals surface area contributed by atoms with Gasteiger partial charge >= 0.3 is 0 Å². The summed E-state index contributed by atoms with van der Waals surface area (Å²) in [4.78, 5) is 2.43. The Morgan fingerprint density at radius 1 is 1.14 bits per heavy atom. The van der Waals surface area contributed by atoms with Crippen LogP contribution in [0.4, 0.5) is 0 Å². The molecule has 0 spiro atoms. The van der Waals surface area contributed by atoms with Crippen molar-refractivity contribution >= 4 is 24.8 Å². The van der Waals surface area contributed by atoms with Crippen LogP contribution in [0.15, 0.2) is 24.3 Å². The maximum Gasteiger partial charge on any atom is 0.120 e. The summed E-state index contributed by atoms with van der Waals surface area (Å²) in [6, 6.07) is 8.93. The first-order chi connectivity index (χ1) is 9.29. The molecule has 1 saturated carbocycles. The molecule has 21 heavy (non-hydrogen) atoms. The van der Waals surface area contributed by atoms with Crippen LogP contribution in [0.2, 0.25) is 0 Å². The van der Waals surface area contributed by atoms with Crippen molar-refractivity contribution in [2.24, 2.45) is 5.73 Å². The summed E-state index contributed by atoms with van der Waals surface area (Å²) in [6.45, 7) is 3.14. The molecule has 1 heterocycles. The fourth-order valence-electron chi connectivity index (χ4n) is 3.18. The molecule has 5 heteroatoms. The molecule has 1 aliphatic carbocycles. The van der Waals surface area contributed by atoms with Gasteiger partial charge in [-0.3, -0.25) is 4.90 Å². The number of nitrogens with zero attached hydrogens (tertiary/aromatic N) is 1. The van der Waals surface area contributed by atoms with Crippen molar-refractivity contribution in [1.29, 1.82) is 0 Å². The van der Waals surface area contributed by atoms with E-state index in [4.69, 9.17) is 10.5 Å². The van der Waals surface area contributed by atoms with Crippen molar-refractivity contribution in [3.8, 4) is 5.75 Å². The fourth-order valence-corrected chi connectivity index (χ4v) is 3.18. The van der Waals surface area contributed by atoms with Gasteiger partial charge in [-0.2, -0.15) is 0 Å². The van der Waals surface area contributed by atoms with Gasteiger partial charge in [-0.1, -0.05) is 12.1 Å². The lowest BCUT2D eigenvalue weighted by Gasteiger charge is -2.17. The Bertz CT molecular complexity index is 424. The van der Waals surface area contributed by atoms with Crippen LogP contribution in [0.1, 0.15) is 37.7 Å². The predicted octanol–water partition coefficient (Wildman–Crippen LogP) is 3.38. The first-order valence-corrected chi connectivity index (χ1v) is 7.53. The highest BCUT2D eigenvalue weighted by Gasteiger charge is 2.19. The van der Waals surface area contributed by atoms with Crippen LogP contribution in [0.25, 0.3) is 0 Å². The molecule has 1 unspecified atom stereocenters. The third-order valence-corrected chi connectivity index (χ3v) is 4.22. The van der Waals surface area contributed by atoms with Crippen LogP contribution in [0.5, 0.6) is 5.75 Å². The Kier molecular flexibility index (Phi) is 7.82. The Morgan fingerprint density at radius 3 is 2.57 bits per heavy atom. The number of hydrogen-bond donors (Lipinski definition) is 1. The molecule has 1 aliphatic heterocycles. The summed E-state index contributed by atoms with van der Waals surface area (Å²) in [6.07, 6.45) is 6.62. The number of nitrogens with two attached hydrogens (primary N) is 1. The van der Waals surface area contributed by atoms with Gasteiger partial charge in [-0.15, -0.1) is 24.8 Å². The summed E-state index contributed by atoms with van der Waals surface area (Å²) in [5.74, 6) is 1.04. The molecule has 2 fully saturated rings. The molecule has 0 bridgehead atoms. The maximum absolute atomic E-state index is 6.06. The number of hydrogen-bond acceptors (Lipinski definition) is 3. The van der Waals surface area contributed by atoms with E-state index in [1.165, 1.54) is 31.2 Å². The van der Waals surface area contributed by atoms with E-state index in [2.05, 4.69) is 29.2 Å². The smallest absolute Gasteiger partial charge is 0.120 e. The first-order valence-electron chi connectivity index (χ1n) is 7.53. The Morgan fingerprint density at radius 2 is 1.90 bits per heavy atom. The second-order valence-electron chi connectivity index (χ2n) is 5.96. The summed E-state index contributed by atoms with van der Waals surface area (Å²) in [5.41, 5.74) is 7.29. The highest BCUT2D eigenvalue weighted by molar-refractivity contribution is 5.85. The van der Waals surface area contributed by atoms with Crippen LogP contribution < -0.4 is 10.5 Å². The molecule has 1 saturated heterocycles. The van der Waals surface area contributed by atoms with E-state index in [0.717, 1.165) is 31.8 Å². The molecule has 3 rings (SSSR count). The zero-order chi connectivity index (χ0) is 13.1. The number of rotatable bonds is 4. The van der Waals surface area contributed by atoms with Crippen LogP contribution in [0.3, 0.4) is 0 Å². The monoisotopic (exact) mass is 332 g/mol. The minimum absolute atomic E-state index is 0. The minimum Gasteiger partial charge on any atom is -0.490 e. The number of benzene rings is 1. The van der Waals surface area contributed by atoms with Crippen molar-refractivity contribution in [3.63, 3.8) is 0 Å². The Hall–Kier alpha value is -0.480. The molecule has 0 amide bonds. The van der Waals surface area contributed by atoms with Gasteiger partial charge in [0.1, 0.15) is 5.75 Å². The second kappa shape index (κ2) is 8.84. The third-order valence-electron chi connectivity index (χ3n) is 4.22. The molecule has 3 nitrogen and oxygen atoms in total. The molecule has 1 atom stereocenters. The maximum atomic E-state index is 6.06. The Balaban J connectivity index is 0.00000110. The standard InChI is InChI=1S/C16H24N2O.2ClH/c17-14-8-9-18(12-14)11-13-4-3-7-16(10-13)19-15-5-1-2-6-15;;/h3-4,7,10,14-15H,1-2,5-6,8-9,11-12,17H2;2*1H. The summed E-state index contributed by atoms with van der Waals surface area (Å²) < 4.78 is 6.06. The fraction of sp³-hybridized carbons (Fsp3) is 0.625. The third kappa shape index (κ3) is 5.33. The number of ether oxygens (including phenoxy) is 1. The lowest BCUT2D eigenvalue weighted by atomic mass is 10.2. The predicted molar refractivity (Wildman–Crippen MR) is 91.7 cm³/mol. The molecule has 2 N–H and O–H groups in total. The second-order valence-corrected chi connectivity index (χ2v) is 5.96. The average Bonchev–Trinajstić information content (AvgIpc) is 3.02. The molecule has 120 valence electrons. The van der Waals surface area contributed by atoms with E-state index in [9.17, 15) is 0 Å². The number of halogens is 2. The van der Waals surface area contributed by atoms with Gasteiger partial charge in [-0.05, 0) is 49.8 Å². The van der Waals surface area contributed by atoms with Gasteiger partial charge in [0.05, 0.1) is 6.10 Å². The molecule has 0 radical (unpaired) electrons. The lowest BCUT2D eigenvalue weighted by Crippen LogP contribution is -2.26. The van der Waals surface area contributed by atoms with E-state index >= 15 is 0 Å². The summed E-state index contributed by atoms with van der Waals surface area (Å²) in [5, 5.41) is 0. The van der Waals surface area contributed by atoms with Gasteiger partial charge in [0.25, 0.3) is 0 Å². The van der Waals surface area contributed by atoms with Crippen molar-refractivity contribution in [1.82, 2.24) is 4.90 Å². The van der Waals surface area contributed by atoms with E-state index in [-0.39, 0.29) is 24.8 Å². The van der Waals surface area contributed by atoms with Crippen LogP contribution in [-0.4, -0.2) is 30.1 Å². The minimum atomic E-state index is 0. The van der Waals surface area contributed by atoms with Gasteiger partial charge < -0.3 is 10.5 Å². The number of likely N-dealkylation sites (tertiary alicyclic amines) is 1. The molecular weight excluding hydrogens is 307 g/mol. The van der Waals surface area contributed by atoms with Crippen LogP contribution in [-0.2, 0) is 6.54 Å². The zero-order valence-corrected chi connectivity index (χ0v) is 14.0. The van der Waals surface area contributed by atoms with E-state index in [1.807, 2.05) is 0 Å². The largest absolute Gasteiger partial charge is 0.490 e. The first kappa shape index (κ1) is 18.6. The normalized spacial score (nSPS) is 22.6. The molecule has 1 aromatic carbocycles. The van der Waals surface area contributed by atoms with Crippen LogP contribution in [0, 0.1) is 0 Å². The summed E-state index contributed by atoms with van der Waals surface area (Å²) >= 11 is 0. The quantitative estimate of drug-likeness (QED) is 0.918. The van der Waals surface area contributed by atoms with Crippen molar-refractivity contribution in [3.05, 3.63) is 29.8 Å². The topological polar surface area (TPSA) is 38.5 Å².